The van der Waals surface area contributed by atoms with E-state index < -0.39 is 0 Å². The molecule has 1 aromatic carbocycles. The predicted molar refractivity (Wildman–Crippen MR) is 64.0 cm³/mol. The fourth-order valence-electron chi connectivity index (χ4n) is 1.50. The lowest BCUT2D eigenvalue weighted by atomic mass is 10.1. The summed E-state index contributed by atoms with van der Waals surface area (Å²) in [4.78, 5) is 11.2. The molecule has 0 aliphatic rings. The molecule has 0 radical (unpaired) electrons. The quantitative estimate of drug-likeness (QED) is 0.774. The number of rotatable bonds is 5. The van der Waals surface area contributed by atoms with Crippen molar-refractivity contribution in [1.29, 1.82) is 0 Å². The van der Waals surface area contributed by atoms with Crippen LogP contribution in [0.25, 0.3) is 0 Å². The van der Waals surface area contributed by atoms with Crippen molar-refractivity contribution in [1.82, 2.24) is 5.32 Å². The van der Waals surface area contributed by atoms with E-state index in [1.807, 2.05) is 25.1 Å². The van der Waals surface area contributed by atoms with Crippen LogP contribution in [0, 0.1) is 5.92 Å². The third-order valence-corrected chi connectivity index (χ3v) is 2.63. The Morgan fingerprint density at radius 3 is 2.50 bits per heavy atom. The summed E-state index contributed by atoms with van der Waals surface area (Å²) < 4.78 is 4.67. The Labute approximate surface area is 96.8 Å². The van der Waals surface area contributed by atoms with Crippen LogP contribution in [0.3, 0.4) is 0 Å². The van der Waals surface area contributed by atoms with Gasteiger partial charge in [-0.05, 0) is 12.5 Å². The van der Waals surface area contributed by atoms with Crippen LogP contribution in [-0.4, -0.2) is 19.6 Å². The molecule has 1 rings (SSSR count). The van der Waals surface area contributed by atoms with Crippen molar-refractivity contribution >= 4 is 5.97 Å². The van der Waals surface area contributed by atoms with E-state index in [1.165, 1.54) is 12.7 Å². The van der Waals surface area contributed by atoms with Gasteiger partial charge in [0.2, 0.25) is 0 Å². The van der Waals surface area contributed by atoms with Crippen molar-refractivity contribution in [2.24, 2.45) is 5.92 Å². The first-order valence-corrected chi connectivity index (χ1v) is 5.51. The Hall–Kier alpha value is -1.35. The first-order chi connectivity index (χ1) is 7.65. The van der Waals surface area contributed by atoms with E-state index in [0.29, 0.717) is 6.54 Å². The topological polar surface area (TPSA) is 38.3 Å². The van der Waals surface area contributed by atoms with Crippen LogP contribution in [0.4, 0.5) is 0 Å². The van der Waals surface area contributed by atoms with Gasteiger partial charge in [0.1, 0.15) is 0 Å². The highest BCUT2D eigenvalue weighted by Gasteiger charge is 2.14. The van der Waals surface area contributed by atoms with E-state index in [4.69, 9.17) is 0 Å². The summed E-state index contributed by atoms with van der Waals surface area (Å²) in [5.74, 6) is -0.288. The first-order valence-electron chi connectivity index (χ1n) is 5.51. The van der Waals surface area contributed by atoms with Crippen LogP contribution in [0.15, 0.2) is 30.3 Å². The molecule has 88 valence electrons. The van der Waals surface area contributed by atoms with Gasteiger partial charge >= 0.3 is 5.97 Å². The Morgan fingerprint density at radius 2 is 1.94 bits per heavy atom. The Morgan fingerprint density at radius 1 is 1.31 bits per heavy atom. The maximum Gasteiger partial charge on any atom is 0.309 e. The third-order valence-electron chi connectivity index (χ3n) is 2.63. The number of carbonyl (C=O) groups excluding carboxylic acids is 1. The van der Waals surface area contributed by atoms with Crippen molar-refractivity contribution in [2.75, 3.05) is 13.7 Å². The van der Waals surface area contributed by atoms with Crippen LogP contribution in [0.1, 0.15) is 25.5 Å². The molecule has 3 nitrogen and oxygen atoms in total. The zero-order valence-electron chi connectivity index (χ0n) is 10.1. The third kappa shape index (κ3) is 3.66. The maximum absolute atomic E-state index is 11.2. The summed E-state index contributed by atoms with van der Waals surface area (Å²) in [6, 6.07) is 10.4. The summed E-state index contributed by atoms with van der Waals surface area (Å²) in [5, 5.41) is 3.31. The van der Waals surface area contributed by atoms with Gasteiger partial charge in [0.15, 0.2) is 0 Å². The molecule has 0 saturated carbocycles. The smallest absolute Gasteiger partial charge is 0.309 e. The molecule has 16 heavy (non-hydrogen) atoms. The Bertz CT molecular complexity index is 324. The average molecular weight is 221 g/mol. The van der Waals surface area contributed by atoms with Crippen molar-refractivity contribution < 1.29 is 9.53 Å². The molecule has 1 N–H and O–H groups in total. The van der Waals surface area contributed by atoms with Gasteiger partial charge in [-0.25, -0.2) is 0 Å². The van der Waals surface area contributed by atoms with Crippen LogP contribution in [-0.2, 0) is 9.53 Å². The Kier molecular flexibility index (Phi) is 4.99. The minimum Gasteiger partial charge on any atom is -0.469 e. The molecule has 0 aromatic heterocycles. The fourth-order valence-corrected chi connectivity index (χ4v) is 1.50. The van der Waals surface area contributed by atoms with Gasteiger partial charge in [-0.2, -0.15) is 0 Å². The molecule has 0 aliphatic carbocycles. The van der Waals surface area contributed by atoms with E-state index in [0.717, 1.165) is 0 Å². The van der Waals surface area contributed by atoms with E-state index in [9.17, 15) is 4.79 Å². The molecule has 2 atom stereocenters. The number of methoxy groups -OCH3 is 1. The minimum atomic E-state index is -0.173. The number of hydrogen-bond acceptors (Lipinski definition) is 3. The minimum absolute atomic E-state index is 0.115. The highest BCUT2D eigenvalue weighted by atomic mass is 16.5. The van der Waals surface area contributed by atoms with Gasteiger partial charge < -0.3 is 10.1 Å². The molecule has 3 heteroatoms. The molecule has 0 heterocycles. The van der Waals surface area contributed by atoms with Crippen LogP contribution >= 0.6 is 0 Å². The summed E-state index contributed by atoms with van der Waals surface area (Å²) >= 11 is 0. The number of ether oxygens (including phenoxy) is 1. The summed E-state index contributed by atoms with van der Waals surface area (Å²) in [6.45, 7) is 4.57. The zero-order chi connectivity index (χ0) is 12.0. The molecule has 0 saturated heterocycles. The number of benzene rings is 1. The standard InChI is InChI=1S/C13H19NO2/c1-10(13(15)16-3)9-14-11(2)12-7-5-4-6-8-12/h4-8,10-11,14H,9H2,1-3H3/t10-,11+/m0/s1. The average Bonchev–Trinajstić information content (AvgIpc) is 2.35. The van der Waals surface area contributed by atoms with Crippen LogP contribution in [0.2, 0.25) is 0 Å². The second kappa shape index (κ2) is 6.28. The van der Waals surface area contributed by atoms with Crippen molar-refractivity contribution in [2.45, 2.75) is 19.9 Å². The molecular weight excluding hydrogens is 202 g/mol. The van der Waals surface area contributed by atoms with Crippen LogP contribution < -0.4 is 5.32 Å². The van der Waals surface area contributed by atoms with Crippen molar-refractivity contribution in [3.05, 3.63) is 35.9 Å². The van der Waals surface area contributed by atoms with Gasteiger partial charge in [0.25, 0.3) is 0 Å². The Balaban J connectivity index is 2.41. The number of hydrogen-bond donors (Lipinski definition) is 1. The summed E-state index contributed by atoms with van der Waals surface area (Å²) in [5.41, 5.74) is 1.22. The molecule has 0 unspecified atom stereocenters. The molecule has 0 spiro atoms. The second-order valence-corrected chi connectivity index (χ2v) is 3.96. The molecular formula is C13H19NO2. The van der Waals surface area contributed by atoms with E-state index in [2.05, 4.69) is 29.1 Å². The predicted octanol–water partition coefficient (Wildman–Crippen LogP) is 2.15. The van der Waals surface area contributed by atoms with Crippen molar-refractivity contribution in [3.8, 4) is 0 Å². The first kappa shape index (κ1) is 12.7. The monoisotopic (exact) mass is 221 g/mol. The van der Waals surface area contributed by atoms with E-state index >= 15 is 0 Å². The molecule has 1 aromatic rings. The zero-order valence-corrected chi connectivity index (χ0v) is 10.1. The van der Waals surface area contributed by atoms with Crippen LogP contribution in [0.5, 0.6) is 0 Å². The van der Waals surface area contributed by atoms with Gasteiger partial charge in [-0.15, -0.1) is 0 Å². The number of carbonyl (C=O) groups is 1. The lowest BCUT2D eigenvalue weighted by molar-refractivity contribution is -0.144. The van der Waals surface area contributed by atoms with Gasteiger partial charge in [-0.3, -0.25) is 4.79 Å². The van der Waals surface area contributed by atoms with E-state index in [1.54, 1.807) is 0 Å². The highest BCUT2D eigenvalue weighted by molar-refractivity contribution is 5.72. The van der Waals surface area contributed by atoms with Gasteiger partial charge in [0, 0.05) is 12.6 Å². The number of nitrogens with one attached hydrogen (secondary N) is 1. The van der Waals surface area contributed by atoms with E-state index in [-0.39, 0.29) is 17.9 Å². The lowest BCUT2D eigenvalue weighted by Crippen LogP contribution is -2.29. The molecule has 0 amide bonds. The van der Waals surface area contributed by atoms with Crippen molar-refractivity contribution in [3.63, 3.8) is 0 Å². The van der Waals surface area contributed by atoms with Gasteiger partial charge in [0.05, 0.1) is 13.0 Å². The summed E-state index contributed by atoms with van der Waals surface area (Å²) in [7, 11) is 1.42. The number of esters is 1. The second-order valence-electron chi connectivity index (χ2n) is 3.96. The normalized spacial score (nSPS) is 14.2. The van der Waals surface area contributed by atoms with Gasteiger partial charge in [-0.1, -0.05) is 37.3 Å². The molecule has 0 fully saturated rings. The molecule has 0 aliphatic heterocycles. The fraction of sp³-hybridized carbons (Fsp3) is 0.462. The lowest BCUT2D eigenvalue weighted by Gasteiger charge is -2.16. The molecule has 0 bridgehead atoms. The largest absolute Gasteiger partial charge is 0.469 e. The maximum atomic E-state index is 11.2. The SMILES string of the molecule is COC(=O)[C@@H](C)CN[C@H](C)c1ccccc1. The summed E-state index contributed by atoms with van der Waals surface area (Å²) in [6.07, 6.45) is 0. The highest BCUT2D eigenvalue weighted by Crippen LogP contribution is 2.11.